The summed E-state index contributed by atoms with van der Waals surface area (Å²) in [5.41, 5.74) is 9.47. The third kappa shape index (κ3) is 2.17. The summed E-state index contributed by atoms with van der Waals surface area (Å²) in [7, 11) is 2.00. The van der Waals surface area contributed by atoms with Crippen LogP contribution in [0.3, 0.4) is 0 Å². The minimum Gasteiger partial charge on any atom is -0.330 e. The first kappa shape index (κ1) is 12.4. The van der Waals surface area contributed by atoms with Crippen LogP contribution in [0.2, 0.25) is 0 Å². The fourth-order valence-corrected chi connectivity index (χ4v) is 2.53. The molecule has 0 aliphatic heterocycles. The molecule has 2 N–H and O–H groups in total. The summed E-state index contributed by atoms with van der Waals surface area (Å²) in [5.74, 6) is 0.878. The molecule has 0 aliphatic carbocycles. The maximum atomic E-state index is 6.33. The molecule has 3 rings (SSSR count). The van der Waals surface area contributed by atoms with Gasteiger partial charge in [0.1, 0.15) is 5.82 Å². The van der Waals surface area contributed by atoms with Gasteiger partial charge in [-0.05, 0) is 29.8 Å². The maximum Gasteiger partial charge on any atom is 0.131 e. The highest BCUT2D eigenvalue weighted by Crippen LogP contribution is 2.24. The molecule has 1 heterocycles. The lowest BCUT2D eigenvalue weighted by Gasteiger charge is -2.12. The molecule has 0 saturated carbocycles. The average molecular weight is 316 g/mol. The van der Waals surface area contributed by atoms with Gasteiger partial charge in [0, 0.05) is 11.5 Å². The first-order valence-corrected chi connectivity index (χ1v) is 6.88. The van der Waals surface area contributed by atoms with Crippen LogP contribution in [-0.2, 0) is 7.05 Å². The average Bonchev–Trinajstić information content (AvgIpc) is 2.77. The van der Waals surface area contributed by atoms with Crippen LogP contribution < -0.4 is 5.73 Å². The van der Waals surface area contributed by atoms with Gasteiger partial charge in [-0.2, -0.15) is 0 Å². The number of nitrogens with zero attached hydrogens (tertiary/aromatic N) is 2. The Kier molecular flexibility index (Phi) is 3.12. The molecule has 4 heteroatoms. The van der Waals surface area contributed by atoms with Gasteiger partial charge in [-0.25, -0.2) is 4.98 Å². The molecule has 0 bridgehead atoms. The minimum absolute atomic E-state index is 0.217. The Labute approximate surface area is 120 Å². The number of imidazole rings is 1. The van der Waals surface area contributed by atoms with Crippen molar-refractivity contribution in [2.45, 2.75) is 6.04 Å². The van der Waals surface area contributed by atoms with Crippen molar-refractivity contribution in [3.05, 3.63) is 64.4 Å². The predicted octanol–water partition coefficient (Wildman–Crippen LogP) is 3.38. The molecule has 96 valence electrons. The molecule has 1 aromatic heterocycles. The van der Waals surface area contributed by atoms with Crippen LogP contribution in [0.25, 0.3) is 11.0 Å². The number of benzene rings is 2. The molecule has 0 fully saturated rings. The Balaban J connectivity index is 2.08. The summed E-state index contributed by atoms with van der Waals surface area (Å²) >= 11 is 3.43. The van der Waals surface area contributed by atoms with Crippen molar-refractivity contribution in [1.29, 1.82) is 0 Å². The molecule has 1 atom stereocenters. The number of halogens is 1. The van der Waals surface area contributed by atoms with Gasteiger partial charge in [-0.3, -0.25) is 0 Å². The lowest BCUT2D eigenvalue weighted by atomic mass is 10.1. The molecule has 3 nitrogen and oxygen atoms in total. The number of para-hydroxylation sites is 2. The van der Waals surface area contributed by atoms with E-state index in [0.29, 0.717) is 0 Å². The topological polar surface area (TPSA) is 43.8 Å². The smallest absolute Gasteiger partial charge is 0.131 e. The number of hydrogen-bond acceptors (Lipinski definition) is 2. The molecular weight excluding hydrogens is 302 g/mol. The molecule has 1 unspecified atom stereocenters. The van der Waals surface area contributed by atoms with E-state index in [2.05, 4.69) is 31.5 Å². The van der Waals surface area contributed by atoms with E-state index in [1.54, 1.807) is 0 Å². The van der Waals surface area contributed by atoms with E-state index >= 15 is 0 Å². The summed E-state index contributed by atoms with van der Waals surface area (Å²) in [6, 6.07) is 15.9. The molecule has 3 aromatic rings. The number of nitrogens with two attached hydrogens (primary N) is 1. The Morgan fingerprint density at radius 3 is 2.47 bits per heavy atom. The highest BCUT2D eigenvalue weighted by atomic mass is 79.9. The quantitative estimate of drug-likeness (QED) is 0.787. The highest BCUT2D eigenvalue weighted by Gasteiger charge is 2.16. The molecule has 2 aromatic carbocycles. The SMILES string of the molecule is Cn1c(C(N)c2ccc(Br)cc2)nc2ccccc21. The normalized spacial score (nSPS) is 12.8. The molecule has 0 aliphatic rings. The number of aryl methyl sites for hydroxylation is 1. The largest absolute Gasteiger partial charge is 0.330 e. The zero-order chi connectivity index (χ0) is 13.4. The molecule has 0 amide bonds. The van der Waals surface area contributed by atoms with Crippen molar-refractivity contribution in [3.8, 4) is 0 Å². The van der Waals surface area contributed by atoms with Crippen LogP contribution in [0, 0.1) is 0 Å². The van der Waals surface area contributed by atoms with E-state index in [1.807, 2.05) is 49.5 Å². The number of aromatic nitrogens is 2. The van der Waals surface area contributed by atoms with Crippen molar-refractivity contribution in [1.82, 2.24) is 9.55 Å². The van der Waals surface area contributed by atoms with Gasteiger partial charge < -0.3 is 10.3 Å². The maximum absolute atomic E-state index is 6.33. The van der Waals surface area contributed by atoms with E-state index in [-0.39, 0.29) is 6.04 Å². The molecular formula is C15H14BrN3. The third-order valence-corrected chi connectivity index (χ3v) is 3.86. The fourth-order valence-electron chi connectivity index (χ4n) is 2.26. The molecule has 0 radical (unpaired) electrons. The first-order chi connectivity index (χ1) is 9.16. The summed E-state index contributed by atoms with van der Waals surface area (Å²) in [6.07, 6.45) is 0. The van der Waals surface area contributed by atoms with Gasteiger partial charge in [0.25, 0.3) is 0 Å². The van der Waals surface area contributed by atoms with E-state index < -0.39 is 0 Å². The Morgan fingerprint density at radius 2 is 1.79 bits per heavy atom. The Morgan fingerprint density at radius 1 is 1.11 bits per heavy atom. The summed E-state index contributed by atoms with van der Waals surface area (Å²) < 4.78 is 3.11. The minimum atomic E-state index is -0.217. The second-order valence-corrected chi connectivity index (χ2v) is 5.46. The van der Waals surface area contributed by atoms with Gasteiger partial charge in [0.15, 0.2) is 0 Å². The molecule has 0 saturated heterocycles. The molecule has 19 heavy (non-hydrogen) atoms. The van der Waals surface area contributed by atoms with Crippen molar-refractivity contribution < 1.29 is 0 Å². The number of fused-ring (bicyclic) bond motifs is 1. The fraction of sp³-hybridized carbons (Fsp3) is 0.133. The standard InChI is InChI=1S/C15H14BrN3/c1-19-13-5-3-2-4-12(13)18-15(19)14(17)10-6-8-11(16)9-7-10/h2-9,14H,17H2,1H3. The van der Waals surface area contributed by atoms with E-state index in [9.17, 15) is 0 Å². The second kappa shape index (κ2) is 4.79. The highest BCUT2D eigenvalue weighted by molar-refractivity contribution is 9.10. The van der Waals surface area contributed by atoms with Crippen LogP contribution in [0.5, 0.6) is 0 Å². The van der Waals surface area contributed by atoms with Gasteiger partial charge in [0.05, 0.1) is 17.1 Å². The van der Waals surface area contributed by atoms with Gasteiger partial charge in [-0.15, -0.1) is 0 Å². The van der Waals surface area contributed by atoms with E-state index in [0.717, 1.165) is 26.9 Å². The van der Waals surface area contributed by atoms with Crippen molar-refractivity contribution in [2.24, 2.45) is 12.8 Å². The van der Waals surface area contributed by atoms with Gasteiger partial charge >= 0.3 is 0 Å². The summed E-state index contributed by atoms with van der Waals surface area (Å²) in [4.78, 5) is 4.64. The van der Waals surface area contributed by atoms with Crippen LogP contribution in [0.15, 0.2) is 53.0 Å². The van der Waals surface area contributed by atoms with E-state index in [1.165, 1.54) is 0 Å². The zero-order valence-electron chi connectivity index (χ0n) is 10.5. The zero-order valence-corrected chi connectivity index (χ0v) is 12.1. The van der Waals surface area contributed by atoms with Gasteiger partial charge in [0.2, 0.25) is 0 Å². The Bertz CT molecular complexity index is 716. The monoisotopic (exact) mass is 315 g/mol. The summed E-state index contributed by atoms with van der Waals surface area (Å²) in [6.45, 7) is 0. The van der Waals surface area contributed by atoms with Crippen LogP contribution in [0.1, 0.15) is 17.4 Å². The van der Waals surface area contributed by atoms with E-state index in [4.69, 9.17) is 5.73 Å². The summed E-state index contributed by atoms with van der Waals surface area (Å²) in [5, 5.41) is 0. The van der Waals surface area contributed by atoms with Crippen LogP contribution in [-0.4, -0.2) is 9.55 Å². The lowest BCUT2D eigenvalue weighted by molar-refractivity contribution is 0.728. The van der Waals surface area contributed by atoms with Crippen molar-refractivity contribution in [2.75, 3.05) is 0 Å². The predicted molar refractivity (Wildman–Crippen MR) is 80.9 cm³/mol. The first-order valence-electron chi connectivity index (χ1n) is 6.09. The van der Waals surface area contributed by atoms with Gasteiger partial charge in [-0.1, -0.05) is 40.2 Å². The lowest BCUT2D eigenvalue weighted by Crippen LogP contribution is -2.16. The van der Waals surface area contributed by atoms with Crippen LogP contribution >= 0.6 is 15.9 Å². The van der Waals surface area contributed by atoms with Crippen molar-refractivity contribution in [3.63, 3.8) is 0 Å². The molecule has 0 spiro atoms. The number of rotatable bonds is 2. The Hall–Kier alpha value is -1.65. The van der Waals surface area contributed by atoms with Crippen LogP contribution in [0.4, 0.5) is 0 Å². The second-order valence-electron chi connectivity index (χ2n) is 4.55. The third-order valence-electron chi connectivity index (χ3n) is 3.33. The van der Waals surface area contributed by atoms with Crippen molar-refractivity contribution >= 4 is 27.0 Å². The number of hydrogen-bond donors (Lipinski definition) is 1.